The zero-order chi connectivity index (χ0) is 15.1. The summed E-state index contributed by atoms with van der Waals surface area (Å²) in [6.45, 7) is 6.67. The third-order valence-electron chi connectivity index (χ3n) is 2.88. The van der Waals surface area contributed by atoms with Gasteiger partial charge >= 0.3 is 0 Å². The van der Waals surface area contributed by atoms with E-state index in [1.165, 1.54) is 12.1 Å². The van der Waals surface area contributed by atoms with Crippen LogP contribution in [0.15, 0.2) is 18.2 Å². The van der Waals surface area contributed by atoms with E-state index in [-0.39, 0.29) is 24.1 Å². The predicted molar refractivity (Wildman–Crippen MR) is 78.8 cm³/mol. The van der Waals surface area contributed by atoms with Crippen molar-refractivity contribution in [3.8, 4) is 11.8 Å². The number of carbonyl (C=O) groups excluding carboxylic acids is 1. The van der Waals surface area contributed by atoms with Crippen molar-refractivity contribution in [3.05, 3.63) is 35.1 Å². The molecule has 0 spiro atoms. The van der Waals surface area contributed by atoms with E-state index in [2.05, 4.69) is 11.8 Å². The Morgan fingerprint density at radius 2 is 2.15 bits per heavy atom. The molecule has 0 saturated carbocycles. The zero-order valence-corrected chi connectivity index (χ0v) is 12.2. The summed E-state index contributed by atoms with van der Waals surface area (Å²) in [5, 5.41) is 0. The molecule has 3 nitrogen and oxygen atoms in total. The molecule has 4 heteroatoms. The maximum absolute atomic E-state index is 13.9. The third kappa shape index (κ3) is 4.07. The predicted octanol–water partition coefficient (Wildman–Crippen LogP) is 2.40. The zero-order valence-electron chi connectivity index (χ0n) is 12.2. The summed E-state index contributed by atoms with van der Waals surface area (Å²) in [5.74, 6) is 4.70. The second kappa shape index (κ2) is 7.66. The first-order valence-corrected chi connectivity index (χ1v) is 6.80. The number of nitrogens with two attached hydrogens (primary N) is 1. The minimum Gasteiger partial charge on any atom is -0.336 e. The Balaban J connectivity index is 3.13. The molecule has 0 unspecified atom stereocenters. The van der Waals surface area contributed by atoms with Gasteiger partial charge in [-0.2, -0.15) is 0 Å². The summed E-state index contributed by atoms with van der Waals surface area (Å²) in [4.78, 5) is 14.1. The van der Waals surface area contributed by atoms with E-state index in [1.54, 1.807) is 11.0 Å². The Bertz CT molecular complexity index is 529. The summed E-state index contributed by atoms with van der Waals surface area (Å²) in [6, 6.07) is 4.35. The summed E-state index contributed by atoms with van der Waals surface area (Å²) in [6.07, 6.45) is 0.832. The largest absolute Gasteiger partial charge is 0.336 e. The number of amides is 1. The number of carbonyl (C=O) groups is 1. The van der Waals surface area contributed by atoms with Gasteiger partial charge in [0.2, 0.25) is 0 Å². The van der Waals surface area contributed by atoms with Gasteiger partial charge in [0, 0.05) is 18.2 Å². The minimum atomic E-state index is -0.518. The van der Waals surface area contributed by atoms with Crippen molar-refractivity contribution in [1.82, 2.24) is 4.90 Å². The molecule has 108 valence electrons. The van der Waals surface area contributed by atoms with E-state index in [9.17, 15) is 9.18 Å². The van der Waals surface area contributed by atoms with Crippen molar-refractivity contribution in [2.75, 3.05) is 13.1 Å². The topological polar surface area (TPSA) is 46.3 Å². The monoisotopic (exact) mass is 276 g/mol. The van der Waals surface area contributed by atoms with E-state index >= 15 is 0 Å². The van der Waals surface area contributed by atoms with Crippen molar-refractivity contribution >= 4 is 5.91 Å². The van der Waals surface area contributed by atoms with Crippen LogP contribution in [0.4, 0.5) is 4.39 Å². The first-order chi connectivity index (χ1) is 9.51. The highest BCUT2D eigenvalue weighted by atomic mass is 19.1. The lowest BCUT2D eigenvalue weighted by Crippen LogP contribution is -2.38. The molecule has 0 heterocycles. The van der Waals surface area contributed by atoms with Gasteiger partial charge in [0.1, 0.15) is 5.82 Å². The Hall–Kier alpha value is -1.86. The van der Waals surface area contributed by atoms with E-state index in [0.717, 1.165) is 6.42 Å². The van der Waals surface area contributed by atoms with Crippen molar-refractivity contribution in [3.63, 3.8) is 0 Å². The lowest BCUT2D eigenvalue weighted by Gasteiger charge is -2.26. The van der Waals surface area contributed by atoms with E-state index in [1.807, 2.05) is 20.8 Å². The standard InChI is InChI=1S/C16H21FN2O/c1-4-10-19(12(2)3)16(20)14-11-13(6-5-9-18)7-8-15(14)17/h7-8,11-12H,4,9-10,18H2,1-3H3. The summed E-state index contributed by atoms with van der Waals surface area (Å²) >= 11 is 0. The van der Waals surface area contributed by atoms with Crippen LogP contribution < -0.4 is 5.73 Å². The molecule has 0 aliphatic heterocycles. The third-order valence-corrected chi connectivity index (χ3v) is 2.88. The van der Waals surface area contributed by atoms with E-state index in [0.29, 0.717) is 12.1 Å². The van der Waals surface area contributed by atoms with Crippen LogP contribution in [0, 0.1) is 17.7 Å². The van der Waals surface area contributed by atoms with E-state index in [4.69, 9.17) is 5.73 Å². The maximum atomic E-state index is 13.9. The van der Waals surface area contributed by atoms with Gasteiger partial charge in [-0.1, -0.05) is 18.8 Å². The van der Waals surface area contributed by atoms with E-state index < -0.39 is 5.82 Å². The average Bonchev–Trinajstić information content (AvgIpc) is 2.42. The van der Waals surface area contributed by atoms with Gasteiger partial charge in [-0.3, -0.25) is 4.79 Å². The molecule has 2 N–H and O–H groups in total. The fourth-order valence-electron chi connectivity index (χ4n) is 1.91. The lowest BCUT2D eigenvalue weighted by atomic mass is 10.1. The molecule has 1 aromatic carbocycles. The van der Waals surface area contributed by atoms with Crippen LogP contribution in [0.1, 0.15) is 43.1 Å². The average molecular weight is 276 g/mol. The minimum absolute atomic E-state index is 0.0284. The number of nitrogens with zero attached hydrogens (tertiary/aromatic N) is 1. The Kier molecular flexibility index (Phi) is 6.20. The van der Waals surface area contributed by atoms with Crippen LogP contribution in [0.3, 0.4) is 0 Å². The fraction of sp³-hybridized carbons (Fsp3) is 0.438. The van der Waals surface area contributed by atoms with Crippen LogP contribution in [0.5, 0.6) is 0 Å². The Labute approximate surface area is 120 Å². The maximum Gasteiger partial charge on any atom is 0.257 e. The smallest absolute Gasteiger partial charge is 0.257 e. The number of rotatable bonds is 4. The van der Waals surface area contributed by atoms with Gasteiger partial charge in [0.25, 0.3) is 5.91 Å². The molecular formula is C16H21FN2O. The number of hydrogen-bond donors (Lipinski definition) is 1. The second-order valence-electron chi connectivity index (χ2n) is 4.79. The lowest BCUT2D eigenvalue weighted by molar-refractivity contribution is 0.0701. The molecule has 0 bridgehead atoms. The summed E-state index contributed by atoms with van der Waals surface area (Å²) in [5.41, 5.74) is 5.97. The highest BCUT2D eigenvalue weighted by Crippen LogP contribution is 2.15. The highest BCUT2D eigenvalue weighted by Gasteiger charge is 2.21. The van der Waals surface area contributed by atoms with Gasteiger partial charge in [-0.25, -0.2) is 4.39 Å². The van der Waals surface area contributed by atoms with Crippen LogP contribution in [0.25, 0.3) is 0 Å². The van der Waals surface area contributed by atoms with Gasteiger partial charge in [0.15, 0.2) is 0 Å². The summed E-state index contributed by atoms with van der Waals surface area (Å²) in [7, 11) is 0. The molecule has 0 radical (unpaired) electrons. The van der Waals surface area contributed by atoms with Crippen LogP contribution in [0.2, 0.25) is 0 Å². The van der Waals surface area contributed by atoms with Crippen LogP contribution >= 0.6 is 0 Å². The Morgan fingerprint density at radius 3 is 2.70 bits per heavy atom. The van der Waals surface area contributed by atoms with Crippen LogP contribution in [-0.4, -0.2) is 29.9 Å². The number of benzene rings is 1. The highest BCUT2D eigenvalue weighted by molar-refractivity contribution is 5.95. The fourth-order valence-corrected chi connectivity index (χ4v) is 1.91. The molecular weight excluding hydrogens is 255 g/mol. The molecule has 0 saturated heterocycles. The molecule has 0 fully saturated rings. The van der Waals surface area contributed by atoms with Gasteiger partial charge < -0.3 is 10.6 Å². The quantitative estimate of drug-likeness (QED) is 0.858. The second-order valence-corrected chi connectivity index (χ2v) is 4.79. The van der Waals surface area contributed by atoms with Crippen LogP contribution in [-0.2, 0) is 0 Å². The number of halogens is 1. The molecule has 1 aromatic rings. The SMILES string of the molecule is CCCN(C(=O)c1cc(C#CCN)ccc1F)C(C)C. The number of hydrogen-bond acceptors (Lipinski definition) is 2. The molecule has 0 aliphatic carbocycles. The van der Waals surface area contributed by atoms with Gasteiger partial charge in [-0.05, 0) is 38.5 Å². The first-order valence-electron chi connectivity index (χ1n) is 6.80. The Morgan fingerprint density at radius 1 is 1.45 bits per heavy atom. The molecule has 0 aromatic heterocycles. The normalized spacial score (nSPS) is 10.1. The van der Waals surface area contributed by atoms with Crippen molar-refractivity contribution in [1.29, 1.82) is 0 Å². The molecule has 0 atom stereocenters. The first kappa shape index (κ1) is 16.2. The van der Waals surface area contributed by atoms with Crippen molar-refractivity contribution < 1.29 is 9.18 Å². The molecule has 20 heavy (non-hydrogen) atoms. The van der Waals surface area contributed by atoms with Gasteiger partial charge in [-0.15, -0.1) is 0 Å². The molecule has 1 amide bonds. The van der Waals surface area contributed by atoms with Crippen molar-refractivity contribution in [2.45, 2.75) is 33.2 Å². The van der Waals surface area contributed by atoms with Gasteiger partial charge in [0.05, 0.1) is 12.1 Å². The molecule has 0 aliphatic rings. The summed E-state index contributed by atoms with van der Waals surface area (Å²) < 4.78 is 13.9. The molecule has 1 rings (SSSR count). The van der Waals surface area contributed by atoms with Crippen molar-refractivity contribution in [2.24, 2.45) is 5.73 Å².